The van der Waals surface area contributed by atoms with Crippen molar-refractivity contribution in [3.05, 3.63) is 24.6 Å². The summed E-state index contributed by atoms with van der Waals surface area (Å²) in [5, 5.41) is 0. The van der Waals surface area contributed by atoms with Crippen molar-refractivity contribution in [1.82, 2.24) is 0 Å². The molecular formula is C9H16N2. The van der Waals surface area contributed by atoms with E-state index in [1.54, 1.807) is 6.20 Å². The Balaban J connectivity index is 4.10. The molecule has 0 aromatic rings. The van der Waals surface area contributed by atoms with Gasteiger partial charge in [-0.2, -0.15) is 0 Å². The van der Waals surface area contributed by atoms with Crippen LogP contribution in [-0.2, 0) is 0 Å². The molecule has 62 valence electrons. The molecule has 0 aromatic carbocycles. The lowest BCUT2D eigenvalue weighted by Gasteiger charge is -2.11. The number of nitrogens with zero attached hydrogens (tertiary/aromatic N) is 1. The van der Waals surface area contributed by atoms with Gasteiger partial charge < -0.3 is 5.73 Å². The van der Waals surface area contributed by atoms with Gasteiger partial charge in [-0.3, -0.25) is 4.99 Å². The van der Waals surface area contributed by atoms with Crippen LogP contribution in [0.5, 0.6) is 0 Å². The Morgan fingerprint density at radius 1 is 1.36 bits per heavy atom. The molecule has 0 fully saturated rings. The second kappa shape index (κ2) is 4.72. The van der Waals surface area contributed by atoms with Crippen molar-refractivity contribution < 1.29 is 0 Å². The van der Waals surface area contributed by atoms with E-state index in [9.17, 15) is 0 Å². The van der Waals surface area contributed by atoms with Crippen molar-refractivity contribution in [3.8, 4) is 0 Å². The highest BCUT2D eigenvalue weighted by Crippen LogP contribution is 2.13. The predicted molar refractivity (Wildman–Crippen MR) is 50.4 cm³/mol. The number of hydrogen-bond donors (Lipinski definition) is 1. The van der Waals surface area contributed by atoms with E-state index in [0.717, 1.165) is 0 Å². The molecule has 0 radical (unpaired) electrons. The van der Waals surface area contributed by atoms with Crippen molar-refractivity contribution in [1.29, 1.82) is 0 Å². The lowest BCUT2D eigenvalue weighted by molar-refractivity contribution is 0.692. The fourth-order valence-electron chi connectivity index (χ4n) is 0.757. The summed E-state index contributed by atoms with van der Waals surface area (Å²) in [4.78, 5) is 4.00. The van der Waals surface area contributed by atoms with Gasteiger partial charge in [-0.25, -0.2) is 0 Å². The first-order valence-corrected chi connectivity index (χ1v) is 3.67. The minimum absolute atomic E-state index is 0.0221. The van der Waals surface area contributed by atoms with E-state index in [1.807, 2.05) is 19.2 Å². The second-order valence-electron chi connectivity index (χ2n) is 2.94. The highest BCUT2D eigenvalue weighted by Gasteiger charge is 2.07. The number of aliphatic imine (C=N–C) groups is 1. The Morgan fingerprint density at radius 2 is 2.00 bits per heavy atom. The average Bonchev–Trinajstić information content (AvgIpc) is 1.87. The first kappa shape index (κ1) is 9.95. The van der Waals surface area contributed by atoms with Gasteiger partial charge in [0.25, 0.3) is 0 Å². The fraction of sp³-hybridized carbons (Fsp3) is 0.444. The monoisotopic (exact) mass is 152 g/mol. The zero-order chi connectivity index (χ0) is 8.74. The average molecular weight is 152 g/mol. The fourth-order valence-corrected chi connectivity index (χ4v) is 0.757. The lowest BCUT2D eigenvalue weighted by Crippen LogP contribution is -2.08. The van der Waals surface area contributed by atoms with Gasteiger partial charge in [0.15, 0.2) is 0 Å². The number of nitrogens with two attached hydrogens (primary N) is 1. The van der Waals surface area contributed by atoms with Crippen LogP contribution in [0.1, 0.15) is 20.8 Å². The van der Waals surface area contributed by atoms with Gasteiger partial charge in [-0.1, -0.05) is 26.0 Å². The quantitative estimate of drug-likeness (QED) is 0.488. The minimum atomic E-state index is 0.0221. The van der Waals surface area contributed by atoms with Gasteiger partial charge in [0, 0.05) is 24.0 Å². The number of hydrogen-bond acceptors (Lipinski definition) is 2. The van der Waals surface area contributed by atoms with Crippen molar-refractivity contribution >= 4 is 6.21 Å². The van der Waals surface area contributed by atoms with Crippen molar-refractivity contribution in [3.63, 3.8) is 0 Å². The molecule has 0 aromatic heterocycles. The highest BCUT2D eigenvalue weighted by atomic mass is 14.7. The van der Waals surface area contributed by atoms with E-state index in [2.05, 4.69) is 24.9 Å². The molecule has 0 rings (SSSR count). The largest absolute Gasteiger partial charge is 0.403 e. The normalized spacial score (nSPS) is 14.1. The molecule has 0 amide bonds. The predicted octanol–water partition coefficient (Wildman–Crippen LogP) is 2.09. The maximum atomic E-state index is 5.12. The molecule has 2 N–H and O–H groups in total. The Bertz CT molecular complexity index is 176. The van der Waals surface area contributed by atoms with E-state index in [0.29, 0.717) is 0 Å². The Morgan fingerprint density at radius 3 is 2.45 bits per heavy atom. The van der Waals surface area contributed by atoms with Crippen molar-refractivity contribution in [2.75, 3.05) is 0 Å². The van der Waals surface area contributed by atoms with E-state index >= 15 is 0 Å². The molecule has 0 aliphatic carbocycles. The molecule has 0 aliphatic heterocycles. The van der Waals surface area contributed by atoms with Gasteiger partial charge in [0.1, 0.15) is 0 Å². The molecule has 0 atom stereocenters. The van der Waals surface area contributed by atoms with Crippen LogP contribution < -0.4 is 5.73 Å². The molecule has 2 heteroatoms. The summed E-state index contributed by atoms with van der Waals surface area (Å²) in [7, 11) is 0. The van der Waals surface area contributed by atoms with Gasteiger partial charge in [0.2, 0.25) is 0 Å². The van der Waals surface area contributed by atoms with Crippen molar-refractivity contribution in [2.45, 2.75) is 20.8 Å². The molecule has 0 unspecified atom stereocenters. The van der Waals surface area contributed by atoms with Crippen LogP contribution in [0, 0.1) is 5.41 Å². The van der Waals surface area contributed by atoms with Gasteiger partial charge >= 0.3 is 0 Å². The summed E-state index contributed by atoms with van der Waals surface area (Å²) in [6, 6.07) is 0. The topological polar surface area (TPSA) is 38.4 Å². The van der Waals surface area contributed by atoms with E-state index in [1.165, 1.54) is 6.20 Å². The van der Waals surface area contributed by atoms with Crippen LogP contribution >= 0.6 is 0 Å². The molecule has 0 saturated carbocycles. The van der Waals surface area contributed by atoms with Crippen LogP contribution in [-0.4, -0.2) is 6.21 Å². The lowest BCUT2D eigenvalue weighted by atomic mass is 9.95. The standard InChI is InChI=1S/C9H16N2/c1-4-5-9(2,3)8-11-7-6-10/h4-8H,10H2,1-3H3/b5-4+,7-6-,11-8?. The molecule has 11 heavy (non-hydrogen) atoms. The highest BCUT2D eigenvalue weighted by molar-refractivity contribution is 5.67. The van der Waals surface area contributed by atoms with Crippen LogP contribution in [0.3, 0.4) is 0 Å². The van der Waals surface area contributed by atoms with Crippen LogP contribution in [0.2, 0.25) is 0 Å². The molecule has 0 aliphatic rings. The molecule has 0 bridgehead atoms. The summed E-state index contributed by atoms with van der Waals surface area (Å²) in [6.45, 7) is 6.16. The summed E-state index contributed by atoms with van der Waals surface area (Å²) in [5.41, 5.74) is 5.14. The van der Waals surface area contributed by atoms with Crippen molar-refractivity contribution in [2.24, 2.45) is 16.1 Å². The summed E-state index contributed by atoms with van der Waals surface area (Å²) in [6.07, 6.45) is 8.95. The zero-order valence-corrected chi connectivity index (χ0v) is 7.41. The maximum absolute atomic E-state index is 5.12. The first-order chi connectivity index (χ1) is 5.12. The van der Waals surface area contributed by atoms with Crippen LogP contribution in [0.25, 0.3) is 0 Å². The third kappa shape index (κ3) is 5.40. The Labute approximate surface area is 68.5 Å². The third-order valence-corrected chi connectivity index (χ3v) is 1.18. The van der Waals surface area contributed by atoms with Crippen LogP contribution in [0.15, 0.2) is 29.5 Å². The van der Waals surface area contributed by atoms with E-state index in [-0.39, 0.29) is 5.41 Å². The van der Waals surface area contributed by atoms with Gasteiger partial charge in [-0.15, -0.1) is 0 Å². The summed E-state index contributed by atoms with van der Waals surface area (Å²) in [5.74, 6) is 0. The molecular weight excluding hydrogens is 136 g/mol. The smallest absolute Gasteiger partial charge is 0.0419 e. The Kier molecular flexibility index (Phi) is 4.27. The van der Waals surface area contributed by atoms with Crippen LogP contribution in [0.4, 0.5) is 0 Å². The molecule has 0 spiro atoms. The second-order valence-corrected chi connectivity index (χ2v) is 2.94. The molecule has 0 heterocycles. The first-order valence-electron chi connectivity index (χ1n) is 3.67. The zero-order valence-electron chi connectivity index (χ0n) is 7.41. The minimum Gasteiger partial charge on any atom is -0.403 e. The molecule has 0 saturated heterocycles. The Hall–Kier alpha value is -1.05. The number of allylic oxidation sites excluding steroid dienone is 2. The SMILES string of the molecule is C/C=C/C(C)(C)C=N/C=C\N. The number of rotatable bonds is 3. The van der Waals surface area contributed by atoms with E-state index in [4.69, 9.17) is 5.73 Å². The van der Waals surface area contributed by atoms with Gasteiger partial charge in [0.05, 0.1) is 0 Å². The van der Waals surface area contributed by atoms with Gasteiger partial charge in [-0.05, 0) is 6.92 Å². The maximum Gasteiger partial charge on any atom is 0.0419 e. The summed E-state index contributed by atoms with van der Waals surface area (Å²) >= 11 is 0. The van der Waals surface area contributed by atoms with E-state index < -0.39 is 0 Å². The molecule has 2 nitrogen and oxygen atoms in total. The third-order valence-electron chi connectivity index (χ3n) is 1.18. The summed E-state index contributed by atoms with van der Waals surface area (Å²) < 4.78 is 0.